The maximum absolute atomic E-state index is 13.0. The number of nitro groups is 1. The molecule has 0 bridgehead atoms. The lowest BCUT2D eigenvalue weighted by Gasteiger charge is -2.23. The number of nitro benzene ring substituents is 1. The van der Waals surface area contributed by atoms with E-state index in [0.717, 1.165) is 28.4 Å². The number of hydrogen-bond acceptors (Lipinski definition) is 5. The number of rotatable bonds is 7. The van der Waals surface area contributed by atoms with Crippen molar-refractivity contribution in [2.45, 2.75) is 18.2 Å². The van der Waals surface area contributed by atoms with E-state index in [1.807, 2.05) is 6.92 Å². The van der Waals surface area contributed by atoms with Gasteiger partial charge in [0.2, 0.25) is 5.91 Å². The number of para-hydroxylation sites is 1. The SMILES string of the molecule is CCc1ccc(N(CC(N)=O)S(=O)(=O)c2ccccc2[N+](=O)[O-])cc1. The van der Waals surface area contributed by atoms with Gasteiger partial charge in [0.25, 0.3) is 15.7 Å². The van der Waals surface area contributed by atoms with E-state index in [1.165, 1.54) is 24.3 Å². The van der Waals surface area contributed by atoms with Crippen LogP contribution in [0.1, 0.15) is 12.5 Å². The van der Waals surface area contributed by atoms with Gasteiger partial charge in [-0.1, -0.05) is 31.2 Å². The topological polar surface area (TPSA) is 124 Å². The van der Waals surface area contributed by atoms with Crippen LogP contribution in [0.25, 0.3) is 0 Å². The van der Waals surface area contributed by atoms with Crippen LogP contribution in [-0.4, -0.2) is 25.8 Å². The Bertz CT molecular complexity index is 894. The highest BCUT2D eigenvalue weighted by molar-refractivity contribution is 7.93. The average Bonchev–Trinajstić information content (AvgIpc) is 2.59. The molecule has 0 heterocycles. The lowest BCUT2D eigenvalue weighted by Crippen LogP contribution is -2.38. The zero-order valence-corrected chi connectivity index (χ0v) is 14.3. The molecule has 2 aromatic carbocycles. The number of nitrogens with zero attached hydrogens (tertiary/aromatic N) is 2. The van der Waals surface area contributed by atoms with E-state index in [1.54, 1.807) is 12.1 Å². The molecule has 0 spiro atoms. The molecule has 0 radical (unpaired) electrons. The van der Waals surface area contributed by atoms with E-state index in [0.29, 0.717) is 0 Å². The van der Waals surface area contributed by atoms with Gasteiger partial charge in [0.1, 0.15) is 6.54 Å². The van der Waals surface area contributed by atoms with Gasteiger partial charge in [-0.15, -0.1) is 0 Å². The van der Waals surface area contributed by atoms with E-state index < -0.39 is 38.0 Å². The second-order valence-electron chi connectivity index (χ2n) is 5.22. The van der Waals surface area contributed by atoms with Crippen LogP contribution in [-0.2, 0) is 21.2 Å². The summed E-state index contributed by atoms with van der Waals surface area (Å²) in [4.78, 5) is 21.3. The van der Waals surface area contributed by atoms with Gasteiger partial charge < -0.3 is 5.73 Å². The van der Waals surface area contributed by atoms with Crippen LogP contribution < -0.4 is 10.0 Å². The number of amides is 1. The van der Waals surface area contributed by atoms with Gasteiger partial charge in [-0.05, 0) is 30.2 Å². The highest BCUT2D eigenvalue weighted by atomic mass is 32.2. The van der Waals surface area contributed by atoms with Crippen molar-refractivity contribution in [1.29, 1.82) is 0 Å². The fourth-order valence-electron chi connectivity index (χ4n) is 2.30. The van der Waals surface area contributed by atoms with Crippen LogP contribution in [0.2, 0.25) is 0 Å². The molecule has 0 aliphatic heterocycles. The van der Waals surface area contributed by atoms with Gasteiger partial charge in [0.05, 0.1) is 10.6 Å². The van der Waals surface area contributed by atoms with Crippen molar-refractivity contribution in [2.24, 2.45) is 5.73 Å². The fourth-order valence-corrected chi connectivity index (χ4v) is 3.89. The highest BCUT2D eigenvalue weighted by Gasteiger charge is 2.32. The molecule has 0 unspecified atom stereocenters. The molecule has 9 heteroatoms. The van der Waals surface area contributed by atoms with Gasteiger partial charge in [-0.25, -0.2) is 8.42 Å². The monoisotopic (exact) mass is 363 g/mol. The zero-order chi connectivity index (χ0) is 18.6. The third kappa shape index (κ3) is 3.94. The molecule has 0 atom stereocenters. The Balaban J connectivity index is 2.60. The molecule has 0 aliphatic rings. The van der Waals surface area contributed by atoms with Crippen molar-refractivity contribution in [3.63, 3.8) is 0 Å². The van der Waals surface area contributed by atoms with Crippen LogP contribution >= 0.6 is 0 Å². The first-order valence-electron chi connectivity index (χ1n) is 7.40. The minimum Gasteiger partial charge on any atom is -0.368 e. The Morgan fingerprint density at radius 2 is 1.76 bits per heavy atom. The first-order valence-corrected chi connectivity index (χ1v) is 8.84. The maximum Gasteiger partial charge on any atom is 0.289 e. The lowest BCUT2D eigenvalue weighted by atomic mass is 10.1. The van der Waals surface area contributed by atoms with Crippen LogP contribution in [0.5, 0.6) is 0 Å². The number of anilines is 1. The van der Waals surface area contributed by atoms with Crippen LogP contribution in [0.3, 0.4) is 0 Å². The zero-order valence-electron chi connectivity index (χ0n) is 13.5. The van der Waals surface area contributed by atoms with Crippen LogP contribution in [0.4, 0.5) is 11.4 Å². The normalized spacial score (nSPS) is 11.1. The number of benzene rings is 2. The molecule has 0 aliphatic carbocycles. The number of hydrogen-bond donors (Lipinski definition) is 1. The molecular formula is C16H17N3O5S. The van der Waals surface area contributed by atoms with Crippen LogP contribution in [0, 0.1) is 10.1 Å². The Morgan fingerprint density at radius 3 is 2.28 bits per heavy atom. The molecule has 1 amide bonds. The summed E-state index contributed by atoms with van der Waals surface area (Å²) in [6, 6.07) is 11.5. The number of aryl methyl sites for hydroxylation is 1. The number of carbonyl (C=O) groups excluding carboxylic acids is 1. The molecule has 0 saturated heterocycles. The smallest absolute Gasteiger partial charge is 0.289 e. The molecule has 2 N–H and O–H groups in total. The molecule has 0 fully saturated rings. The molecule has 2 aromatic rings. The Hall–Kier alpha value is -2.94. The van der Waals surface area contributed by atoms with E-state index in [-0.39, 0.29) is 5.69 Å². The van der Waals surface area contributed by atoms with Gasteiger partial charge in [-0.2, -0.15) is 0 Å². The predicted octanol–water partition coefficient (Wildman–Crippen LogP) is 1.84. The number of primary amides is 1. The van der Waals surface area contributed by atoms with Crippen molar-refractivity contribution >= 4 is 27.3 Å². The van der Waals surface area contributed by atoms with Crippen molar-refractivity contribution in [3.05, 3.63) is 64.2 Å². The van der Waals surface area contributed by atoms with Gasteiger partial charge in [0.15, 0.2) is 4.90 Å². The Kier molecular flexibility index (Phi) is 5.38. The largest absolute Gasteiger partial charge is 0.368 e. The summed E-state index contributed by atoms with van der Waals surface area (Å²) in [6.45, 7) is 1.32. The highest BCUT2D eigenvalue weighted by Crippen LogP contribution is 2.29. The molecule has 0 saturated carbocycles. The minimum atomic E-state index is -4.35. The second-order valence-corrected chi connectivity index (χ2v) is 7.05. The Morgan fingerprint density at radius 1 is 1.16 bits per heavy atom. The molecule has 132 valence electrons. The number of carbonyl (C=O) groups is 1. The van der Waals surface area contributed by atoms with Gasteiger partial charge >= 0.3 is 0 Å². The summed E-state index contributed by atoms with van der Waals surface area (Å²) in [7, 11) is -4.35. The first-order chi connectivity index (χ1) is 11.8. The quantitative estimate of drug-likeness (QED) is 0.594. The van der Waals surface area contributed by atoms with Gasteiger partial charge in [-0.3, -0.25) is 19.2 Å². The van der Waals surface area contributed by atoms with Crippen LogP contribution in [0.15, 0.2) is 53.4 Å². The molecular weight excluding hydrogens is 346 g/mol. The number of sulfonamides is 1. The lowest BCUT2D eigenvalue weighted by molar-refractivity contribution is -0.387. The van der Waals surface area contributed by atoms with E-state index in [9.17, 15) is 23.3 Å². The number of nitrogens with two attached hydrogens (primary N) is 1. The molecule has 25 heavy (non-hydrogen) atoms. The molecule has 0 aromatic heterocycles. The second kappa shape index (κ2) is 7.31. The Labute approximate surface area is 145 Å². The maximum atomic E-state index is 13.0. The van der Waals surface area contributed by atoms with Crippen molar-refractivity contribution in [2.75, 3.05) is 10.8 Å². The summed E-state index contributed by atoms with van der Waals surface area (Å²) < 4.78 is 26.7. The van der Waals surface area contributed by atoms with Crippen molar-refractivity contribution < 1.29 is 18.1 Å². The van der Waals surface area contributed by atoms with E-state index in [2.05, 4.69) is 0 Å². The molecule has 2 rings (SSSR count). The van der Waals surface area contributed by atoms with E-state index >= 15 is 0 Å². The van der Waals surface area contributed by atoms with Gasteiger partial charge in [0, 0.05) is 6.07 Å². The summed E-state index contributed by atoms with van der Waals surface area (Å²) in [5.41, 5.74) is 5.79. The van der Waals surface area contributed by atoms with E-state index in [4.69, 9.17) is 5.73 Å². The third-order valence-corrected chi connectivity index (χ3v) is 5.38. The summed E-state index contributed by atoms with van der Waals surface area (Å²) in [5, 5.41) is 11.2. The van der Waals surface area contributed by atoms with Crippen molar-refractivity contribution in [3.8, 4) is 0 Å². The summed E-state index contributed by atoms with van der Waals surface area (Å²) in [6.07, 6.45) is 0.757. The van der Waals surface area contributed by atoms with Crippen molar-refractivity contribution in [1.82, 2.24) is 0 Å². The predicted molar refractivity (Wildman–Crippen MR) is 92.6 cm³/mol. The average molecular weight is 363 g/mol. The fraction of sp³-hybridized carbons (Fsp3) is 0.188. The first kappa shape index (κ1) is 18.4. The minimum absolute atomic E-state index is 0.203. The summed E-state index contributed by atoms with van der Waals surface area (Å²) >= 11 is 0. The summed E-state index contributed by atoms with van der Waals surface area (Å²) in [5.74, 6) is -0.873. The molecule has 8 nitrogen and oxygen atoms in total. The standard InChI is InChI=1S/C16H17N3O5S/c1-2-12-7-9-13(10-8-12)18(11-16(17)20)25(23,24)15-6-4-3-5-14(15)19(21)22/h3-10H,2,11H2,1H3,(H2,17,20). The third-order valence-electron chi connectivity index (χ3n) is 3.56.